The Morgan fingerprint density at radius 3 is 2.64 bits per heavy atom. The summed E-state index contributed by atoms with van der Waals surface area (Å²) >= 11 is 0. The van der Waals surface area contributed by atoms with E-state index in [1.165, 1.54) is 6.07 Å². The number of halogens is 1. The topological polar surface area (TPSA) is 83.6 Å². The number of nitro groups is 1. The average molecular weight is 201 g/mol. The average Bonchev–Trinajstić information content (AvgIpc) is 2.15. The van der Waals surface area contributed by atoms with Crippen LogP contribution in [0.3, 0.4) is 0 Å². The summed E-state index contributed by atoms with van der Waals surface area (Å²) in [5.74, 6) is -1.03. The largest absolute Gasteiger partial charge is 0.393 e. The lowest BCUT2D eigenvalue weighted by Crippen LogP contribution is -2.03. The molecule has 1 atom stereocenters. The second-order valence-corrected chi connectivity index (χ2v) is 2.67. The Labute approximate surface area is 78.6 Å². The van der Waals surface area contributed by atoms with Crippen molar-refractivity contribution in [3.63, 3.8) is 0 Å². The smallest absolute Gasteiger partial charge is 0.304 e. The first-order chi connectivity index (χ1) is 6.56. The van der Waals surface area contributed by atoms with E-state index in [1.54, 1.807) is 0 Å². The normalized spacial score (nSPS) is 12.5. The van der Waals surface area contributed by atoms with Crippen molar-refractivity contribution < 1.29 is 19.5 Å². The first-order valence-corrected chi connectivity index (χ1v) is 3.79. The summed E-state index contributed by atoms with van der Waals surface area (Å²) in [5.41, 5.74) is -0.547. The Balaban J connectivity index is 3.06. The molecule has 1 aromatic rings. The van der Waals surface area contributed by atoms with Gasteiger partial charge in [-0.1, -0.05) is 0 Å². The number of benzene rings is 1. The van der Waals surface area contributed by atoms with Crippen molar-refractivity contribution in [2.45, 2.75) is 6.10 Å². The molecular formula is C8H8FNO4. The van der Waals surface area contributed by atoms with Crippen LogP contribution < -0.4 is 0 Å². The Morgan fingerprint density at radius 2 is 2.21 bits per heavy atom. The van der Waals surface area contributed by atoms with Crippen molar-refractivity contribution >= 4 is 5.69 Å². The van der Waals surface area contributed by atoms with E-state index in [0.717, 1.165) is 12.1 Å². The Kier molecular flexibility index (Phi) is 3.10. The highest BCUT2D eigenvalue weighted by Crippen LogP contribution is 2.21. The summed E-state index contributed by atoms with van der Waals surface area (Å²) in [4.78, 5) is 9.37. The van der Waals surface area contributed by atoms with Gasteiger partial charge in [-0.25, -0.2) is 0 Å². The molecule has 14 heavy (non-hydrogen) atoms. The van der Waals surface area contributed by atoms with Crippen molar-refractivity contribution in [3.05, 3.63) is 39.7 Å². The van der Waals surface area contributed by atoms with E-state index in [-0.39, 0.29) is 5.56 Å². The van der Waals surface area contributed by atoms with Gasteiger partial charge in [0.15, 0.2) is 0 Å². The van der Waals surface area contributed by atoms with Crippen molar-refractivity contribution in [1.82, 2.24) is 0 Å². The molecule has 0 saturated carbocycles. The molecule has 5 nitrogen and oxygen atoms in total. The van der Waals surface area contributed by atoms with Crippen LogP contribution >= 0.6 is 0 Å². The molecule has 0 aromatic heterocycles. The molecule has 1 rings (SSSR count). The van der Waals surface area contributed by atoms with Gasteiger partial charge in [-0.05, 0) is 17.7 Å². The summed E-state index contributed by atoms with van der Waals surface area (Å²) in [6, 6.07) is 2.98. The van der Waals surface area contributed by atoms with Gasteiger partial charge in [0.25, 0.3) is 0 Å². The van der Waals surface area contributed by atoms with E-state index in [9.17, 15) is 14.5 Å². The fourth-order valence-electron chi connectivity index (χ4n) is 0.984. The van der Waals surface area contributed by atoms with Gasteiger partial charge in [0.2, 0.25) is 5.82 Å². The standard InChI is InChI=1S/C8H8FNO4/c9-6-3-5(8(12)4-11)1-2-7(6)10(13)14/h1-3,8,11-12H,4H2. The van der Waals surface area contributed by atoms with E-state index in [1.807, 2.05) is 0 Å². The molecular weight excluding hydrogens is 193 g/mol. The number of hydrogen-bond acceptors (Lipinski definition) is 4. The van der Waals surface area contributed by atoms with E-state index < -0.39 is 29.1 Å². The van der Waals surface area contributed by atoms with Gasteiger partial charge in [0.1, 0.15) is 6.10 Å². The molecule has 0 aliphatic carbocycles. The van der Waals surface area contributed by atoms with Crippen molar-refractivity contribution in [3.8, 4) is 0 Å². The van der Waals surface area contributed by atoms with Crippen LogP contribution in [0.5, 0.6) is 0 Å². The maximum absolute atomic E-state index is 13.0. The number of aliphatic hydroxyl groups excluding tert-OH is 2. The van der Waals surface area contributed by atoms with Gasteiger partial charge in [-0.15, -0.1) is 0 Å². The van der Waals surface area contributed by atoms with Crippen LogP contribution in [-0.2, 0) is 0 Å². The van der Waals surface area contributed by atoms with E-state index in [4.69, 9.17) is 10.2 Å². The highest BCUT2D eigenvalue weighted by atomic mass is 19.1. The zero-order valence-corrected chi connectivity index (χ0v) is 7.05. The van der Waals surface area contributed by atoms with Crippen molar-refractivity contribution in [2.75, 3.05) is 6.61 Å². The summed E-state index contributed by atoms with van der Waals surface area (Å²) < 4.78 is 13.0. The number of rotatable bonds is 3. The molecule has 1 aromatic carbocycles. The molecule has 0 amide bonds. The lowest BCUT2D eigenvalue weighted by atomic mass is 10.1. The number of nitrogens with zero attached hydrogens (tertiary/aromatic N) is 1. The second kappa shape index (κ2) is 4.12. The van der Waals surface area contributed by atoms with E-state index in [0.29, 0.717) is 0 Å². The maximum atomic E-state index is 13.0. The minimum absolute atomic E-state index is 0.107. The van der Waals surface area contributed by atoms with Gasteiger partial charge in [0.05, 0.1) is 11.5 Å². The number of hydrogen-bond donors (Lipinski definition) is 2. The molecule has 6 heteroatoms. The van der Waals surface area contributed by atoms with Gasteiger partial charge in [-0.3, -0.25) is 10.1 Å². The predicted molar refractivity (Wildman–Crippen MR) is 45.1 cm³/mol. The second-order valence-electron chi connectivity index (χ2n) is 2.67. The van der Waals surface area contributed by atoms with Gasteiger partial charge < -0.3 is 10.2 Å². The molecule has 76 valence electrons. The SMILES string of the molecule is O=[N+]([O-])c1ccc(C(O)CO)cc1F. The highest BCUT2D eigenvalue weighted by Gasteiger charge is 2.16. The quantitative estimate of drug-likeness (QED) is 0.558. The summed E-state index contributed by atoms with van der Waals surface area (Å²) in [6.45, 7) is -0.558. The lowest BCUT2D eigenvalue weighted by molar-refractivity contribution is -0.387. The number of nitro benzene ring substituents is 1. The van der Waals surface area contributed by atoms with E-state index >= 15 is 0 Å². The zero-order chi connectivity index (χ0) is 10.7. The zero-order valence-electron chi connectivity index (χ0n) is 7.05. The summed E-state index contributed by atoms with van der Waals surface area (Å²) in [5, 5.41) is 27.9. The Bertz CT molecular complexity index is 355. The van der Waals surface area contributed by atoms with E-state index in [2.05, 4.69) is 0 Å². The van der Waals surface area contributed by atoms with Crippen LogP contribution in [-0.4, -0.2) is 21.7 Å². The Morgan fingerprint density at radius 1 is 1.57 bits per heavy atom. The molecule has 0 aliphatic heterocycles. The van der Waals surface area contributed by atoms with Crippen LogP contribution in [0, 0.1) is 15.9 Å². The van der Waals surface area contributed by atoms with Crippen LogP contribution in [0.15, 0.2) is 18.2 Å². The lowest BCUT2D eigenvalue weighted by Gasteiger charge is -2.06. The number of aliphatic hydroxyl groups is 2. The fraction of sp³-hybridized carbons (Fsp3) is 0.250. The minimum Gasteiger partial charge on any atom is -0.393 e. The predicted octanol–water partition coefficient (Wildman–Crippen LogP) is 0.760. The van der Waals surface area contributed by atoms with Crippen molar-refractivity contribution in [2.24, 2.45) is 0 Å². The molecule has 0 fully saturated rings. The molecule has 1 unspecified atom stereocenters. The first kappa shape index (κ1) is 10.6. The van der Waals surface area contributed by atoms with Crippen LogP contribution in [0.25, 0.3) is 0 Å². The maximum Gasteiger partial charge on any atom is 0.304 e. The molecule has 0 bridgehead atoms. The van der Waals surface area contributed by atoms with Crippen molar-refractivity contribution in [1.29, 1.82) is 0 Å². The molecule has 0 heterocycles. The third-order valence-electron chi connectivity index (χ3n) is 1.73. The summed E-state index contributed by atoms with van der Waals surface area (Å²) in [7, 11) is 0. The third kappa shape index (κ3) is 2.04. The molecule has 0 aliphatic rings. The Hall–Kier alpha value is -1.53. The van der Waals surface area contributed by atoms with Crippen LogP contribution in [0.4, 0.5) is 10.1 Å². The monoisotopic (exact) mass is 201 g/mol. The van der Waals surface area contributed by atoms with Crippen LogP contribution in [0.1, 0.15) is 11.7 Å². The van der Waals surface area contributed by atoms with Gasteiger partial charge in [0, 0.05) is 6.07 Å². The molecule has 0 spiro atoms. The van der Waals surface area contributed by atoms with Gasteiger partial charge in [-0.2, -0.15) is 4.39 Å². The molecule has 2 N–H and O–H groups in total. The van der Waals surface area contributed by atoms with Crippen LogP contribution in [0.2, 0.25) is 0 Å². The minimum atomic E-state index is -1.22. The highest BCUT2D eigenvalue weighted by molar-refractivity contribution is 5.35. The summed E-state index contributed by atoms with van der Waals surface area (Å²) in [6.07, 6.45) is -1.22. The first-order valence-electron chi connectivity index (χ1n) is 3.79. The third-order valence-corrected chi connectivity index (χ3v) is 1.73. The molecule has 0 saturated heterocycles. The fourth-order valence-corrected chi connectivity index (χ4v) is 0.984. The van der Waals surface area contributed by atoms with Gasteiger partial charge >= 0.3 is 5.69 Å². The molecule has 0 radical (unpaired) electrons.